The van der Waals surface area contributed by atoms with Crippen LogP contribution in [-0.4, -0.2) is 34.7 Å². The Morgan fingerprint density at radius 1 is 1.53 bits per heavy atom. The fourth-order valence-electron chi connectivity index (χ4n) is 1.39. The van der Waals surface area contributed by atoms with Crippen LogP contribution in [0.4, 0.5) is 5.69 Å². The van der Waals surface area contributed by atoms with E-state index >= 15 is 0 Å². The second-order valence-corrected chi connectivity index (χ2v) is 4.32. The van der Waals surface area contributed by atoms with E-state index in [4.69, 9.17) is 28.3 Å². The summed E-state index contributed by atoms with van der Waals surface area (Å²) in [6.07, 6.45) is -0.739. The largest absolute Gasteiger partial charge is 0.478 e. The number of aryl methyl sites for hydroxylation is 1. The van der Waals surface area contributed by atoms with Gasteiger partial charge in [0.2, 0.25) is 0 Å². The average molecular weight is 278 g/mol. The standard InChI is InChI=1S/C11H13Cl2NO3/c1-6-2-3-8(13)9(11(16)17)10(6)14-5-7(15)4-12/h2-3,7,14-15H,4-5H2,1H3,(H,16,17). The maximum absolute atomic E-state index is 11.1. The zero-order valence-electron chi connectivity index (χ0n) is 9.20. The molecule has 0 fully saturated rings. The maximum atomic E-state index is 11.1. The number of carbonyl (C=O) groups is 1. The lowest BCUT2D eigenvalue weighted by atomic mass is 10.1. The molecule has 1 atom stereocenters. The molecule has 6 heteroatoms. The van der Waals surface area contributed by atoms with Crippen molar-refractivity contribution < 1.29 is 15.0 Å². The van der Waals surface area contributed by atoms with Crippen molar-refractivity contribution >= 4 is 34.9 Å². The number of aromatic carboxylic acids is 1. The third-order valence-corrected chi connectivity index (χ3v) is 2.94. The first-order valence-corrected chi connectivity index (χ1v) is 5.89. The van der Waals surface area contributed by atoms with Crippen LogP contribution in [-0.2, 0) is 0 Å². The molecule has 0 aliphatic carbocycles. The van der Waals surface area contributed by atoms with E-state index in [1.165, 1.54) is 6.07 Å². The summed E-state index contributed by atoms with van der Waals surface area (Å²) in [7, 11) is 0. The minimum absolute atomic E-state index is 0.00781. The van der Waals surface area contributed by atoms with Gasteiger partial charge in [0.1, 0.15) is 5.56 Å². The number of benzene rings is 1. The second-order valence-electron chi connectivity index (χ2n) is 3.61. The first-order valence-electron chi connectivity index (χ1n) is 4.97. The first-order chi connectivity index (χ1) is 7.97. The molecule has 4 nitrogen and oxygen atoms in total. The zero-order valence-corrected chi connectivity index (χ0v) is 10.7. The summed E-state index contributed by atoms with van der Waals surface area (Å²) in [5.41, 5.74) is 1.16. The molecule has 0 spiro atoms. The van der Waals surface area contributed by atoms with Crippen LogP contribution >= 0.6 is 23.2 Å². The lowest BCUT2D eigenvalue weighted by molar-refractivity contribution is 0.0698. The number of rotatable bonds is 5. The molecule has 0 aliphatic rings. The molecule has 1 aromatic rings. The number of hydrogen-bond donors (Lipinski definition) is 3. The molecule has 0 heterocycles. The predicted molar refractivity (Wildman–Crippen MR) is 68.4 cm³/mol. The molecule has 3 N–H and O–H groups in total. The van der Waals surface area contributed by atoms with Gasteiger partial charge in [-0.25, -0.2) is 4.79 Å². The highest BCUT2D eigenvalue weighted by Crippen LogP contribution is 2.28. The van der Waals surface area contributed by atoms with Gasteiger partial charge in [-0.05, 0) is 18.6 Å². The minimum Gasteiger partial charge on any atom is -0.478 e. The van der Waals surface area contributed by atoms with Gasteiger partial charge < -0.3 is 15.5 Å². The number of aliphatic hydroxyl groups excluding tert-OH is 1. The van der Waals surface area contributed by atoms with Gasteiger partial charge in [-0.1, -0.05) is 17.7 Å². The molecule has 1 rings (SSSR count). The quantitative estimate of drug-likeness (QED) is 0.723. The van der Waals surface area contributed by atoms with Gasteiger partial charge in [-0.2, -0.15) is 0 Å². The number of carboxylic acid groups (broad SMARTS) is 1. The Balaban J connectivity index is 3.04. The van der Waals surface area contributed by atoms with Crippen molar-refractivity contribution in [2.75, 3.05) is 17.7 Å². The fourth-order valence-corrected chi connectivity index (χ4v) is 1.74. The summed E-state index contributed by atoms with van der Waals surface area (Å²) in [4.78, 5) is 11.1. The van der Waals surface area contributed by atoms with E-state index in [0.29, 0.717) is 5.69 Å². The van der Waals surface area contributed by atoms with Crippen LogP contribution in [0.3, 0.4) is 0 Å². The molecule has 0 saturated heterocycles. The summed E-state index contributed by atoms with van der Waals surface area (Å²) >= 11 is 11.3. The van der Waals surface area contributed by atoms with Crippen LogP contribution in [0.15, 0.2) is 12.1 Å². The monoisotopic (exact) mass is 277 g/mol. The van der Waals surface area contributed by atoms with Crippen molar-refractivity contribution in [3.8, 4) is 0 Å². The summed E-state index contributed by atoms with van der Waals surface area (Å²) in [5.74, 6) is -1.03. The van der Waals surface area contributed by atoms with Crippen molar-refractivity contribution in [1.82, 2.24) is 0 Å². The van der Waals surface area contributed by atoms with Crippen molar-refractivity contribution in [2.24, 2.45) is 0 Å². The fraction of sp³-hybridized carbons (Fsp3) is 0.364. The Kier molecular flexibility index (Phi) is 5.05. The number of carboxylic acids is 1. The van der Waals surface area contributed by atoms with E-state index in [1.807, 2.05) is 0 Å². The van der Waals surface area contributed by atoms with Crippen molar-refractivity contribution in [3.63, 3.8) is 0 Å². The first kappa shape index (κ1) is 14.1. The van der Waals surface area contributed by atoms with E-state index in [9.17, 15) is 9.90 Å². The molecule has 0 saturated carbocycles. The number of halogens is 2. The van der Waals surface area contributed by atoms with Gasteiger partial charge in [-0.3, -0.25) is 0 Å². The van der Waals surface area contributed by atoms with E-state index in [-0.39, 0.29) is 23.0 Å². The van der Waals surface area contributed by atoms with Crippen molar-refractivity contribution in [3.05, 3.63) is 28.3 Å². The van der Waals surface area contributed by atoms with Gasteiger partial charge in [0.05, 0.1) is 22.7 Å². The summed E-state index contributed by atoms with van der Waals surface area (Å²) < 4.78 is 0. The van der Waals surface area contributed by atoms with Crippen LogP contribution in [0.2, 0.25) is 5.02 Å². The molecule has 94 valence electrons. The molecule has 0 amide bonds. The molecule has 17 heavy (non-hydrogen) atoms. The Morgan fingerprint density at radius 2 is 2.18 bits per heavy atom. The van der Waals surface area contributed by atoms with Crippen LogP contribution in [0.25, 0.3) is 0 Å². The van der Waals surface area contributed by atoms with Gasteiger partial charge in [0, 0.05) is 6.54 Å². The van der Waals surface area contributed by atoms with Gasteiger partial charge in [0.15, 0.2) is 0 Å². The summed E-state index contributed by atoms with van der Waals surface area (Å²) in [6.45, 7) is 1.93. The number of aliphatic hydroxyl groups is 1. The van der Waals surface area contributed by atoms with Gasteiger partial charge in [0.25, 0.3) is 0 Å². The number of alkyl halides is 1. The normalized spacial score (nSPS) is 12.2. The molecular weight excluding hydrogens is 265 g/mol. The smallest absolute Gasteiger partial charge is 0.339 e. The van der Waals surface area contributed by atoms with Crippen LogP contribution < -0.4 is 5.32 Å². The summed E-state index contributed by atoms with van der Waals surface area (Å²) in [5, 5.41) is 21.4. The van der Waals surface area contributed by atoms with Gasteiger partial charge in [-0.15, -0.1) is 11.6 Å². The number of hydrogen-bond acceptors (Lipinski definition) is 3. The van der Waals surface area contributed by atoms with E-state index in [0.717, 1.165) is 5.56 Å². The van der Waals surface area contributed by atoms with Crippen molar-refractivity contribution in [1.29, 1.82) is 0 Å². The Hall–Kier alpha value is -0.970. The van der Waals surface area contributed by atoms with Crippen LogP contribution in [0.1, 0.15) is 15.9 Å². The van der Waals surface area contributed by atoms with Crippen molar-refractivity contribution in [2.45, 2.75) is 13.0 Å². The second kappa shape index (κ2) is 6.10. The third kappa shape index (κ3) is 3.49. The predicted octanol–water partition coefficient (Wildman–Crippen LogP) is 2.36. The SMILES string of the molecule is Cc1ccc(Cl)c(C(=O)O)c1NCC(O)CCl. The zero-order chi connectivity index (χ0) is 13.0. The lowest BCUT2D eigenvalue weighted by Crippen LogP contribution is -2.22. The Labute approximate surface area is 109 Å². The minimum atomic E-state index is -1.11. The molecule has 1 unspecified atom stereocenters. The molecular formula is C11H13Cl2NO3. The highest BCUT2D eigenvalue weighted by atomic mass is 35.5. The Bertz CT molecular complexity index is 423. The molecule has 0 aromatic heterocycles. The van der Waals surface area contributed by atoms with E-state index in [2.05, 4.69) is 5.32 Å². The third-order valence-electron chi connectivity index (χ3n) is 2.27. The van der Waals surface area contributed by atoms with E-state index < -0.39 is 12.1 Å². The highest BCUT2D eigenvalue weighted by Gasteiger charge is 2.17. The lowest BCUT2D eigenvalue weighted by Gasteiger charge is -2.15. The van der Waals surface area contributed by atoms with Gasteiger partial charge >= 0.3 is 5.97 Å². The summed E-state index contributed by atoms with van der Waals surface area (Å²) in [6, 6.07) is 3.24. The number of nitrogens with one attached hydrogen (secondary N) is 1. The van der Waals surface area contributed by atoms with E-state index in [1.54, 1.807) is 13.0 Å². The molecule has 0 aliphatic heterocycles. The topological polar surface area (TPSA) is 69.6 Å². The molecule has 1 aromatic carbocycles. The van der Waals surface area contributed by atoms with Crippen LogP contribution in [0, 0.1) is 6.92 Å². The maximum Gasteiger partial charge on any atom is 0.339 e. The highest BCUT2D eigenvalue weighted by molar-refractivity contribution is 6.34. The Morgan fingerprint density at radius 3 is 2.71 bits per heavy atom. The average Bonchev–Trinajstić information content (AvgIpc) is 2.28. The molecule has 0 radical (unpaired) electrons. The number of anilines is 1. The molecule has 0 bridgehead atoms. The van der Waals surface area contributed by atoms with Crippen LogP contribution in [0.5, 0.6) is 0 Å².